The second-order valence-electron chi connectivity index (χ2n) is 6.04. The summed E-state index contributed by atoms with van der Waals surface area (Å²) >= 11 is 0. The molecule has 0 aliphatic carbocycles. The summed E-state index contributed by atoms with van der Waals surface area (Å²) in [6.07, 6.45) is 9.62. The molecule has 0 heterocycles. The Morgan fingerprint density at radius 2 is 1.33 bits per heavy atom. The molecule has 6 heteroatoms. The summed E-state index contributed by atoms with van der Waals surface area (Å²) in [5, 5.41) is 8.53. The van der Waals surface area contributed by atoms with E-state index in [4.69, 9.17) is 5.11 Å². The third kappa shape index (κ3) is 9.67. The zero-order chi connectivity index (χ0) is 17.7. The molecule has 0 unspecified atom stereocenters. The quantitative estimate of drug-likeness (QED) is 0.495. The van der Waals surface area contributed by atoms with Crippen molar-refractivity contribution in [2.75, 3.05) is 6.54 Å². The van der Waals surface area contributed by atoms with Crippen LogP contribution in [0.5, 0.6) is 0 Å². The molecule has 0 aliphatic rings. The second kappa shape index (κ2) is 12.0. The molecule has 0 aliphatic heterocycles. The van der Waals surface area contributed by atoms with Gasteiger partial charge in [-0.3, -0.25) is 4.79 Å². The summed E-state index contributed by atoms with van der Waals surface area (Å²) in [7, 11) is -3.37. The van der Waals surface area contributed by atoms with Crippen molar-refractivity contribution in [2.24, 2.45) is 0 Å². The molecular formula is C18H29NO4S. The van der Waals surface area contributed by atoms with Gasteiger partial charge in [0.1, 0.15) is 0 Å². The van der Waals surface area contributed by atoms with E-state index in [2.05, 4.69) is 4.72 Å². The minimum atomic E-state index is -3.37. The molecule has 1 rings (SSSR count). The summed E-state index contributed by atoms with van der Waals surface area (Å²) in [6.45, 7) is 0.479. The van der Waals surface area contributed by atoms with Crippen LogP contribution < -0.4 is 4.72 Å². The number of hydrogen-bond acceptors (Lipinski definition) is 3. The van der Waals surface area contributed by atoms with Gasteiger partial charge in [-0.25, -0.2) is 13.1 Å². The topological polar surface area (TPSA) is 83.5 Å². The van der Waals surface area contributed by atoms with Gasteiger partial charge in [0, 0.05) is 13.0 Å². The summed E-state index contributed by atoms with van der Waals surface area (Å²) in [5.74, 6) is -0.710. The summed E-state index contributed by atoms with van der Waals surface area (Å²) in [4.78, 5) is 10.7. The maximum Gasteiger partial charge on any atom is 0.303 e. The molecular weight excluding hydrogens is 326 g/mol. The Hall–Kier alpha value is -1.40. The van der Waals surface area contributed by atoms with Crippen LogP contribution in [-0.2, 0) is 14.8 Å². The highest BCUT2D eigenvalue weighted by molar-refractivity contribution is 7.89. The molecule has 0 saturated carbocycles. The summed E-state index contributed by atoms with van der Waals surface area (Å²) in [5.41, 5.74) is 0. The molecule has 2 N–H and O–H groups in total. The van der Waals surface area contributed by atoms with Crippen LogP contribution in [0, 0.1) is 0 Å². The molecule has 1 aromatic rings. The van der Waals surface area contributed by atoms with Gasteiger partial charge >= 0.3 is 5.97 Å². The van der Waals surface area contributed by atoms with Crippen molar-refractivity contribution in [2.45, 2.75) is 69.1 Å². The molecule has 0 amide bonds. The van der Waals surface area contributed by atoms with E-state index in [9.17, 15) is 13.2 Å². The zero-order valence-electron chi connectivity index (χ0n) is 14.2. The van der Waals surface area contributed by atoms with Crippen molar-refractivity contribution in [3.8, 4) is 0 Å². The van der Waals surface area contributed by atoms with Gasteiger partial charge in [-0.05, 0) is 25.0 Å². The molecule has 0 spiro atoms. The molecule has 5 nitrogen and oxygen atoms in total. The molecule has 0 saturated heterocycles. The first-order valence-corrected chi connectivity index (χ1v) is 10.3. The maximum atomic E-state index is 12.0. The van der Waals surface area contributed by atoms with Crippen LogP contribution in [0.1, 0.15) is 64.2 Å². The average Bonchev–Trinajstić information content (AvgIpc) is 2.56. The van der Waals surface area contributed by atoms with Gasteiger partial charge < -0.3 is 5.11 Å². The first kappa shape index (κ1) is 20.6. The number of rotatable bonds is 14. The highest BCUT2D eigenvalue weighted by Gasteiger charge is 2.11. The SMILES string of the molecule is O=C(O)CCCCCCCCCCCNS(=O)(=O)c1ccccc1. The minimum absolute atomic E-state index is 0.277. The first-order chi connectivity index (χ1) is 11.5. The van der Waals surface area contributed by atoms with Gasteiger partial charge in [0.2, 0.25) is 10.0 Å². The van der Waals surface area contributed by atoms with Crippen molar-refractivity contribution < 1.29 is 18.3 Å². The van der Waals surface area contributed by atoms with Crippen LogP contribution in [0.3, 0.4) is 0 Å². The number of carboxylic acid groups (broad SMARTS) is 1. The van der Waals surface area contributed by atoms with E-state index >= 15 is 0 Å². The van der Waals surface area contributed by atoms with Gasteiger partial charge in [-0.1, -0.05) is 63.1 Å². The Kier molecular flexibility index (Phi) is 10.4. The van der Waals surface area contributed by atoms with Gasteiger partial charge in [0.15, 0.2) is 0 Å². The van der Waals surface area contributed by atoms with E-state index in [0.29, 0.717) is 11.4 Å². The van der Waals surface area contributed by atoms with Crippen LogP contribution in [0.2, 0.25) is 0 Å². The first-order valence-electron chi connectivity index (χ1n) is 8.79. The van der Waals surface area contributed by atoms with Crippen LogP contribution in [-0.4, -0.2) is 26.0 Å². The van der Waals surface area contributed by atoms with Gasteiger partial charge in [0.25, 0.3) is 0 Å². The number of hydrogen-bond donors (Lipinski definition) is 2. The number of unbranched alkanes of at least 4 members (excludes halogenated alkanes) is 8. The van der Waals surface area contributed by atoms with Crippen molar-refractivity contribution >= 4 is 16.0 Å². The monoisotopic (exact) mass is 355 g/mol. The van der Waals surface area contributed by atoms with E-state index in [1.807, 2.05) is 0 Å². The molecule has 136 valence electrons. The van der Waals surface area contributed by atoms with E-state index in [-0.39, 0.29) is 6.42 Å². The lowest BCUT2D eigenvalue weighted by Gasteiger charge is -2.06. The second-order valence-corrected chi connectivity index (χ2v) is 7.80. The third-order valence-electron chi connectivity index (χ3n) is 3.91. The van der Waals surface area contributed by atoms with Gasteiger partial charge in [-0.15, -0.1) is 0 Å². The molecule has 0 aromatic heterocycles. The molecule has 0 radical (unpaired) electrons. The Morgan fingerprint density at radius 1 is 0.833 bits per heavy atom. The Balaban J connectivity index is 1.95. The highest BCUT2D eigenvalue weighted by atomic mass is 32.2. The molecule has 1 aromatic carbocycles. The fraction of sp³-hybridized carbons (Fsp3) is 0.611. The summed E-state index contributed by atoms with van der Waals surface area (Å²) in [6, 6.07) is 8.43. The Morgan fingerprint density at radius 3 is 1.88 bits per heavy atom. The molecule has 0 fully saturated rings. The molecule has 0 bridgehead atoms. The fourth-order valence-electron chi connectivity index (χ4n) is 2.53. The van der Waals surface area contributed by atoms with Crippen molar-refractivity contribution in [1.82, 2.24) is 4.72 Å². The van der Waals surface area contributed by atoms with E-state index in [0.717, 1.165) is 51.4 Å². The summed E-state index contributed by atoms with van der Waals surface area (Å²) < 4.78 is 26.6. The Bertz CT molecular complexity index is 558. The number of carbonyl (C=O) groups is 1. The van der Waals surface area contributed by atoms with Crippen LogP contribution in [0.15, 0.2) is 35.2 Å². The molecule has 24 heavy (non-hydrogen) atoms. The van der Waals surface area contributed by atoms with Crippen molar-refractivity contribution in [3.63, 3.8) is 0 Å². The normalized spacial score (nSPS) is 11.5. The van der Waals surface area contributed by atoms with E-state index in [1.54, 1.807) is 30.3 Å². The maximum absolute atomic E-state index is 12.0. The number of carboxylic acids is 1. The van der Waals surface area contributed by atoms with Crippen LogP contribution in [0.25, 0.3) is 0 Å². The largest absolute Gasteiger partial charge is 0.481 e. The standard InChI is InChI=1S/C18H29NO4S/c20-18(21)15-11-6-4-2-1-3-5-7-12-16-19-24(22,23)17-13-9-8-10-14-17/h8-10,13-14,19H,1-7,11-12,15-16H2,(H,20,21). The van der Waals surface area contributed by atoms with Gasteiger partial charge in [0.05, 0.1) is 4.90 Å². The Labute approximate surface area is 145 Å². The number of aliphatic carboxylic acids is 1. The molecule has 0 atom stereocenters. The fourth-order valence-corrected chi connectivity index (χ4v) is 3.62. The third-order valence-corrected chi connectivity index (χ3v) is 5.39. The lowest BCUT2D eigenvalue weighted by molar-refractivity contribution is -0.137. The highest BCUT2D eigenvalue weighted by Crippen LogP contribution is 2.11. The predicted octanol–water partition coefficient (Wildman–Crippen LogP) is 3.95. The number of nitrogens with one attached hydrogen (secondary N) is 1. The average molecular weight is 356 g/mol. The van der Waals surface area contributed by atoms with Crippen molar-refractivity contribution in [3.05, 3.63) is 30.3 Å². The predicted molar refractivity (Wildman–Crippen MR) is 95.4 cm³/mol. The number of benzene rings is 1. The zero-order valence-corrected chi connectivity index (χ0v) is 15.1. The van der Waals surface area contributed by atoms with Crippen LogP contribution in [0.4, 0.5) is 0 Å². The van der Waals surface area contributed by atoms with Gasteiger partial charge in [-0.2, -0.15) is 0 Å². The lowest BCUT2D eigenvalue weighted by Crippen LogP contribution is -2.24. The number of sulfonamides is 1. The van der Waals surface area contributed by atoms with Crippen LogP contribution >= 0.6 is 0 Å². The van der Waals surface area contributed by atoms with E-state index < -0.39 is 16.0 Å². The van der Waals surface area contributed by atoms with Crippen molar-refractivity contribution in [1.29, 1.82) is 0 Å². The van der Waals surface area contributed by atoms with E-state index in [1.165, 1.54) is 6.42 Å². The lowest BCUT2D eigenvalue weighted by atomic mass is 10.1. The smallest absolute Gasteiger partial charge is 0.303 e. The minimum Gasteiger partial charge on any atom is -0.481 e.